The van der Waals surface area contributed by atoms with Gasteiger partial charge in [-0.15, -0.1) is 0 Å². The van der Waals surface area contributed by atoms with Crippen molar-refractivity contribution in [1.82, 2.24) is 0 Å². The summed E-state index contributed by atoms with van der Waals surface area (Å²) < 4.78 is 24.8. The van der Waals surface area contributed by atoms with Crippen LogP contribution in [0.1, 0.15) is 26.5 Å². The molecule has 4 rings (SSSR count). The lowest BCUT2D eigenvalue weighted by Crippen LogP contribution is -2.17. The molecule has 0 fully saturated rings. The van der Waals surface area contributed by atoms with Crippen LogP contribution in [0.2, 0.25) is 0 Å². The predicted octanol–water partition coefficient (Wildman–Crippen LogP) is 4.50. The zero-order chi connectivity index (χ0) is 21.1. The SMILES string of the molecule is NC(=O)c1oc2cc(OCc3ccccc3)ccc2c1NC(=O)c1cccc(F)c1. The molecule has 0 saturated heterocycles. The molecule has 0 aliphatic rings. The number of carbonyl (C=O) groups excluding carboxylic acids is 2. The van der Waals surface area contributed by atoms with E-state index in [1.807, 2.05) is 30.3 Å². The second-order valence-corrected chi connectivity index (χ2v) is 6.57. The predicted molar refractivity (Wildman–Crippen MR) is 110 cm³/mol. The molecule has 0 atom stereocenters. The Kier molecular flexibility index (Phi) is 5.17. The molecule has 1 heterocycles. The van der Waals surface area contributed by atoms with Gasteiger partial charge < -0.3 is 20.2 Å². The van der Waals surface area contributed by atoms with Gasteiger partial charge in [0.1, 0.15) is 29.4 Å². The minimum Gasteiger partial charge on any atom is -0.489 e. The minimum absolute atomic E-state index is 0.0996. The van der Waals surface area contributed by atoms with E-state index in [2.05, 4.69) is 5.32 Å². The standard InChI is InChI=1S/C23H17FN2O4/c24-16-8-4-7-15(11-16)23(28)26-20-18-10-9-17(12-19(18)30-21(20)22(25)27)29-13-14-5-2-1-3-6-14/h1-12H,13H2,(H2,25,27)(H,26,28). The summed E-state index contributed by atoms with van der Waals surface area (Å²) in [5, 5.41) is 3.07. The van der Waals surface area contributed by atoms with Gasteiger partial charge in [0.2, 0.25) is 5.76 Å². The molecule has 3 N–H and O–H groups in total. The van der Waals surface area contributed by atoms with E-state index in [0.29, 0.717) is 23.3 Å². The number of hydrogen-bond donors (Lipinski definition) is 2. The molecule has 0 saturated carbocycles. The largest absolute Gasteiger partial charge is 0.489 e. The number of rotatable bonds is 6. The Bertz CT molecular complexity index is 1230. The van der Waals surface area contributed by atoms with E-state index in [1.54, 1.807) is 18.2 Å². The van der Waals surface area contributed by atoms with E-state index < -0.39 is 17.6 Å². The van der Waals surface area contributed by atoms with Crippen LogP contribution in [-0.2, 0) is 6.61 Å². The molecule has 0 unspecified atom stereocenters. The quantitative estimate of drug-likeness (QED) is 0.495. The van der Waals surface area contributed by atoms with Crippen LogP contribution in [0.25, 0.3) is 11.0 Å². The van der Waals surface area contributed by atoms with Crippen molar-refractivity contribution < 1.29 is 23.1 Å². The number of carbonyl (C=O) groups is 2. The molecule has 2 amide bonds. The van der Waals surface area contributed by atoms with Gasteiger partial charge in [-0.05, 0) is 35.9 Å². The molecule has 0 aliphatic carbocycles. The lowest BCUT2D eigenvalue weighted by atomic mass is 10.1. The van der Waals surface area contributed by atoms with Crippen LogP contribution in [0.3, 0.4) is 0 Å². The van der Waals surface area contributed by atoms with Gasteiger partial charge in [0, 0.05) is 17.0 Å². The van der Waals surface area contributed by atoms with Crippen molar-refractivity contribution in [3.63, 3.8) is 0 Å². The summed E-state index contributed by atoms with van der Waals surface area (Å²) in [4.78, 5) is 24.4. The molecule has 3 aromatic carbocycles. The summed E-state index contributed by atoms with van der Waals surface area (Å²) in [6, 6.07) is 19.8. The first-order valence-electron chi connectivity index (χ1n) is 9.11. The van der Waals surface area contributed by atoms with Crippen molar-refractivity contribution in [2.75, 3.05) is 5.32 Å². The van der Waals surface area contributed by atoms with Crippen molar-refractivity contribution in [3.05, 3.63) is 95.5 Å². The number of nitrogens with one attached hydrogen (secondary N) is 1. The third-order valence-corrected chi connectivity index (χ3v) is 4.46. The highest BCUT2D eigenvalue weighted by Crippen LogP contribution is 2.33. The summed E-state index contributed by atoms with van der Waals surface area (Å²) in [6.45, 7) is 0.360. The number of fused-ring (bicyclic) bond motifs is 1. The molecule has 7 heteroatoms. The van der Waals surface area contributed by atoms with E-state index in [4.69, 9.17) is 14.9 Å². The average Bonchev–Trinajstić information content (AvgIpc) is 3.11. The highest BCUT2D eigenvalue weighted by atomic mass is 19.1. The van der Waals surface area contributed by atoms with Gasteiger partial charge >= 0.3 is 0 Å². The van der Waals surface area contributed by atoms with Crippen LogP contribution in [0, 0.1) is 5.82 Å². The number of furan rings is 1. The fraction of sp³-hybridized carbons (Fsp3) is 0.0435. The Hall–Kier alpha value is -4.13. The maximum absolute atomic E-state index is 13.4. The summed E-state index contributed by atoms with van der Waals surface area (Å²) >= 11 is 0. The van der Waals surface area contributed by atoms with E-state index in [9.17, 15) is 14.0 Å². The van der Waals surface area contributed by atoms with Gasteiger partial charge in [0.25, 0.3) is 11.8 Å². The Morgan fingerprint density at radius 3 is 2.53 bits per heavy atom. The van der Waals surface area contributed by atoms with Crippen molar-refractivity contribution in [2.24, 2.45) is 5.73 Å². The molecule has 0 radical (unpaired) electrons. The van der Waals surface area contributed by atoms with Crippen molar-refractivity contribution >= 4 is 28.5 Å². The van der Waals surface area contributed by atoms with E-state index in [1.165, 1.54) is 18.2 Å². The molecule has 1 aromatic heterocycles. The molecule has 0 aliphatic heterocycles. The topological polar surface area (TPSA) is 94.6 Å². The van der Waals surface area contributed by atoms with E-state index >= 15 is 0 Å². The number of halogens is 1. The lowest BCUT2D eigenvalue weighted by Gasteiger charge is -2.07. The fourth-order valence-corrected chi connectivity index (χ4v) is 3.02. The summed E-state index contributed by atoms with van der Waals surface area (Å²) in [7, 11) is 0. The number of ether oxygens (including phenoxy) is 1. The second-order valence-electron chi connectivity index (χ2n) is 6.57. The van der Waals surface area contributed by atoms with Gasteiger partial charge in [-0.25, -0.2) is 4.39 Å². The van der Waals surface area contributed by atoms with Crippen molar-refractivity contribution in [2.45, 2.75) is 6.61 Å². The summed E-state index contributed by atoms with van der Waals surface area (Å²) in [6.07, 6.45) is 0. The Morgan fingerprint density at radius 2 is 1.80 bits per heavy atom. The van der Waals surface area contributed by atoms with Gasteiger partial charge in [0.05, 0.1) is 0 Å². The normalized spacial score (nSPS) is 10.7. The van der Waals surface area contributed by atoms with Crippen LogP contribution in [0.4, 0.5) is 10.1 Å². The van der Waals surface area contributed by atoms with Crippen LogP contribution in [0.15, 0.2) is 77.2 Å². The lowest BCUT2D eigenvalue weighted by molar-refractivity contribution is 0.0977. The van der Waals surface area contributed by atoms with Crippen LogP contribution >= 0.6 is 0 Å². The third kappa shape index (κ3) is 4.00. The first kappa shape index (κ1) is 19.2. The number of nitrogens with two attached hydrogens (primary N) is 1. The van der Waals surface area contributed by atoms with E-state index in [-0.39, 0.29) is 17.0 Å². The van der Waals surface area contributed by atoms with Gasteiger partial charge in [-0.1, -0.05) is 36.4 Å². The van der Waals surface area contributed by atoms with Crippen LogP contribution in [0.5, 0.6) is 5.75 Å². The Morgan fingerprint density at radius 1 is 1.00 bits per heavy atom. The summed E-state index contributed by atoms with van der Waals surface area (Å²) in [5.74, 6) is -1.65. The average molecular weight is 404 g/mol. The minimum atomic E-state index is -0.840. The van der Waals surface area contributed by atoms with Crippen LogP contribution in [-0.4, -0.2) is 11.8 Å². The molecule has 4 aromatic rings. The zero-order valence-electron chi connectivity index (χ0n) is 15.7. The van der Waals surface area contributed by atoms with Crippen molar-refractivity contribution in [3.8, 4) is 5.75 Å². The second kappa shape index (κ2) is 8.08. The first-order chi connectivity index (χ1) is 14.5. The maximum Gasteiger partial charge on any atom is 0.286 e. The van der Waals surface area contributed by atoms with Gasteiger partial charge in [0.15, 0.2) is 0 Å². The highest BCUT2D eigenvalue weighted by molar-refractivity contribution is 6.14. The Labute approximate surface area is 171 Å². The number of primary amides is 1. The third-order valence-electron chi connectivity index (χ3n) is 4.46. The molecule has 0 spiro atoms. The molecular formula is C23H17FN2O4. The molecule has 6 nitrogen and oxygen atoms in total. The van der Waals surface area contributed by atoms with Crippen LogP contribution < -0.4 is 15.8 Å². The number of benzene rings is 3. The highest BCUT2D eigenvalue weighted by Gasteiger charge is 2.21. The first-order valence-corrected chi connectivity index (χ1v) is 9.11. The van der Waals surface area contributed by atoms with E-state index in [0.717, 1.165) is 11.6 Å². The molecule has 150 valence electrons. The molecule has 0 bridgehead atoms. The van der Waals surface area contributed by atoms with Gasteiger partial charge in [-0.3, -0.25) is 9.59 Å². The maximum atomic E-state index is 13.4. The van der Waals surface area contributed by atoms with Gasteiger partial charge in [-0.2, -0.15) is 0 Å². The summed E-state index contributed by atoms with van der Waals surface area (Å²) in [5.41, 5.74) is 6.96. The Balaban J connectivity index is 1.63. The smallest absolute Gasteiger partial charge is 0.286 e. The zero-order valence-corrected chi connectivity index (χ0v) is 15.7. The number of anilines is 1. The molecule has 30 heavy (non-hydrogen) atoms. The number of hydrogen-bond acceptors (Lipinski definition) is 4. The molecular weight excluding hydrogens is 387 g/mol. The number of amides is 2. The monoisotopic (exact) mass is 404 g/mol. The van der Waals surface area contributed by atoms with Crippen molar-refractivity contribution in [1.29, 1.82) is 0 Å². The fourth-order valence-electron chi connectivity index (χ4n) is 3.02.